The summed E-state index contributed by atoms with van der Waals surface area (Å²) in [5, 5.41) is 2.35. The summed E-state index contributed by atoms with van der Waals surface area (Å²) in [5.74, 6) is -12.3. The van der Waals surface area contributed by atoms with Gasteiger partial charge in [-0.05, 0) is 84.9 Å². The molecule has 95 heavy (non-hydrogen) atoms. The summed E-state index contributed by atoms with van der Waals surface area (Å²) in [5.41, 5.74) is 6.81. The molecule has 10 aromatic carbocycles. The van der Waals surface area contributed by atoms with Gasteiger partial charge in [0.2, 0.25) is 5.82 Å². The Morgan fingerprint density at radius 1 is 0.242 bits per heavy atom. The van der Waals surface area contributed by atoms with Crippen molar-refractivity contribution in [2.75, 3.05) is 0 Å². The number of pyridine rings is 4. The molecule has 6 nitrogen and oxygen atoms in total. The molecule has 0 saturated carbocycles. The van der Waals surface area contributed by atoms with Crippen LogP contribution in [0.1, 0.15) is 5.56 Å². The number of rotatable bonds is 11. The van der Waals surface area contributed by atoms with Crippen LogP contribution >= 0.6 is 0 Å². The molecule has 0 fully saturated rings. The Hall–Kier alpha value is -12.2. The van der Waals surface area contributed by atoms with E-state index in [0.29, 0.717) is 111 Å². The highest BCUT2D eigenvalue weighted by Gasteiger charge is 2.39. The lowest BCUT2D eigenvalue weighted by Crippen LogP contribution is -2.14. The number of aromatic nitrogens is 6. The zero-order chi connectivity index (χ0) is 64.6. The van der Waals surface area contributed by atoms with Gasteiger partial charge in [0, 0.05) is 71.6 Å². The van der Waals surface area contributed by atoms with Crippen molar-refractivity contribution >= 4 is 43.6 Å². The standard InChI is InChI=1S/C81H46F8N6/c82-76-75(77(83)79(85)80(86)78(76)84)59-45-73(94-69-41-51(65-29-13-25-61(90-65)47-17-5-1-6-18-47)33-37-55(69)56-38-34-52(42-70(56)94)66-30-14-26-62(91-66)48-19-7-2-8-20-48)74(46-60(59)81(87,88)89)95-71-43-53(67-31-15-27-63(92-67)49-21-9-3-10-22-49)35-39-57(71)58-40-36-54(44-72(58)95)68-32-16-28-64(93-68)50-23-11-4-12-24-50/h1-46H. The minimum atomic E-state index is -5.51. The predicted molar refractivity (Wildman–Crippen MR) is 360 cm³/mol. The number of nitrogens with zero attached hydrogens (tertiary/aromatic N) is 6. The maximum absolute atomic E-state index is 16.8. The molecule has 0 aliphatic heterocycles. The molecule has 14 heteroatoms. The SMILES string of the molecule is Fc1c(F)c(F)c(-c2cc(-n3c4cc(-c5cccc(-c6ccccc6)n5)ccc4c4ccc(-c5cccc(-c6ccccc6)n5)cc43)c(-n3c4cc(-c5cccc(-c6ccccc6)n5)ccc4c4ccc(-c5cccc(-c6ccccc6)n5)cc43)cc2C(F)(F)F)c(F)c1F. The van der Waals surface area contributed by atoms with E-state index in [0.717, 1.165) is 34.4 Å². The lowest BCUT2D eigenvalue weighted by atomic mass is 9.95. The number of halogens is 8. The maximum Gasteiger partial charge on any atom is 0.417 e. The molecule has 0 aliphatic rings. The van der Waals surface area contributed by atoms with Gasteiger partial charge in [0.1, 0.15) is 0 Å². The summed E-state index contributed by atoms with van der Waals surface area (Å²) in [4.78, 5) is 20.4. The Kier molecular flexibility index (Phi) is 14.2. The van der Waals surface area contributed by atoms with Crippen LogP contribution in [0.25, 0.3) is 156 Å². The Balaban J connectivity index is 1.05. The van der Waals surface area contributed by atoms with E-state index in [4.69, 9.17) is 19.9 Å². The van der Waals surface area contributed by atoms with Gasteiger partial charge in [0.05, 0.1) is 90.1 Å². The van der Waals surface area contributed by atoms with Crippen molar-refractivity contribution in [1.82, 2.24) is 29.1 Å². The zero-order valence-corrected chi connectivity index (χ0v) is 49.8. The summed E-state index contributed by atoms with van der Waals surface area (Å²) in [7, 11) is 0. The number of alkyl halides is 3. The molecule has 6 aromatic heterocycles. The summed E-state index contributed by atoms with van der Waals surface area (Å²) in [6, 6.07) is 84.5. The van der Waals surface area contributed by atoms with Gasteiger partial charge in [-0.25, -0.2) is 41.9 Å². The van der Waals surface area contributed by atoms with Crippen LogP contribution < -0.4 is 0 Å². The van der Waals surface area contributed by atoms with Crippen molar-refractivity contribution in [3.8, 4) is 113 Å². The van der Waals surface area contributed by atoms with Crippen molar-refractivity contribution in [2.24, 2.45) is 0 Å². The highest BCUT2D eigenvalue weighted by atomic mass is 19.4. The second kappa shape index (κ2) is 23.2. The first kappa shape index (κ1) is 58.0. The first-order chi connectivity index (χ1) is 46.3. The summed E-state index contributed by atoms with van der Waals surface area (Å²) < 4.78 is 134. The fourth-order valence-electron chi connectivity index (χ4n) is 12.9. The molecule has 16 rings (SSSR count). The minimum Gasteiger partial charge on any atom is -0.307 e. The van der Waals surface area contributed by atoms with E-state index in [-0.39, 0.29) is 11.4 Å². The van der Waals surface area contributed by atoms with Gasteiger partial charge < -0.3 is 9.13 Å². The lowest BCUT2D eigenvalue weighted by Gasteiger charge is -2.23. The Morgan fingerprint density at radius 3 is 0.768 bits per heavy atom. The summed E-state index contributed by atoms with van der Waals surface area (Å²) in [6.07, 6.45) is -5.51. The van der Waals surface area contributed by atoms with E-state index >= 15 is 35.1 Å². The van der Waals surface area contributed by atoms with Gasteiger partial charge in [0.15, 0.2) is 23.3 Å². The molecule has 0 bridgehead atoms. The van der Waals surface area contributed by atoms with Crippen LogP contribution in [0.15, 0.2) is 279 Å². The van der Waals surface area contributed by atoms with Crippen LogP contribution in [0.3, 0.4) is 0 Å². The quantitative estimate of drug-likeness (QED) is 0.0735. The maximum atomic E-state index is 16.8. The molecular formula is C81H46F8N6. The monoisotopic (exact) mass is 1250 g/mol. The van der Waals surface area contributed by atoms with E-state index in [1.807, 2.05) is 267 Å². The van der Waals surface area contributed by atoms with E-state index in [1.165, 1.54) is 0 Å². The largest absolute Gasteiger partial charge is 0.417 e. The minimum absolute atomic E-state index is 0.147. The van der Waals surface area contributed by atoms with E-state index < -0.39 is 52.0 Å². The van der Waals surface area contributed by atoms with Crippen molar-refractivity contribution in [2.45, 2.75) is 6.18 Å². The van der Waals surface area contributed by atoms with Gasteiger partial charge in [-0.3, -0.25) is 0 Å². The third-order valence-corrected chi connectivity index (χ3v) is 17.4. The van der Waals surface area contributed by atoms with Crippen LogP contribution in [-0.2, 0) is 6.18 Å². The number of hydrogen-bond acceptors (Lipinski definition) is 4. The second-order valence-electron chi connectivity index (χ2n) is 23.0. The normalized spacial score (nSPS) is 11.8. The molecule has 16 aromatic rings. The van der Waals surface area contributed by atoms with Gasteiger partial charge in [0.25, 0.3) is 0 Å². The zero-order valence-electron chi connectivity index (χ0n) is 49.8. The molecule has 0 amide bonds. The van der Waals surface area contributed by atoms with Crippen molar-refractivity contribution < 1.29 is 35.1 Å². The van der Waals surface area contributed by atoms with Crippen LogP contribution in [0.5, 0.6) is 0 Å². The summed E-state index contributed by atoms with van der Waals surface area (Å²) >= 11 is 0. The first-order valence-corrected chi connectivity index (χ1v) is 30.4. The van der Waals surface area contributed by atoms with Crippen molar-refractivity contribution in [3.63, 3.8) is 0 Å². The molecule has 0 radical (unpaired) electrons. The Bertz CT molecular complexity index is 5410. The number of fused-ring (bicyclic) bond motifs is 6. The highest BCUT2D eigenvalue weighted by Crippen LogP contribution is 2.48. The Morgan fingerprint density at radius 2 is 0.495 bits per heavy atom. The molecule has 0 N–H and O–H groups in total. The first-order valence-electron chi connectivity index (χ1n) is 30.4. The molecule has 0 atom stereocenters. The van der Waals surface area contributed by atoms with Crippen LogP contribution in [0.2, 0.25) is 0 Å². The predicted octanol–water partition coefficient (Wildman–Crippen LogP) is 22.2. The van der Waals surface area contributed by atoms with Crippen molar-refractivity contribution in [3.05, 3.63) is 314 Å². The van der Waals surface area contributed by atoms with E-state index in [9.17, 15) is 0 Å². The van der Waals surface area contributed by atoms with E-state index in [2.05, 4.69) is 0 Å². The average molecular weight is 1260 g/mol. The molecule has 0 saturated heterocycles. The third-order valence-electron chi connectivity index (χ3n) is 17.4. The van der Waals surface area contributed by atoms with Gasteiger partial charge >= 0.3 is 6.18 Å². The van der Waals surface area contributed by atoms with E-state index in [1.54, 1.807) is 9.13 Å². The fraction of sp³-hybridized carbons (Fsp3) is 0.0123. The highest BCUT2D eigenvalue weighted by molar-refractivity contribution is 6.14. The van der Waals surface area contributed by atoms with Gasteiger partial charge in [-0.15, -0.1) is 0 Å². The molecule has 6 heterocycles. The summed E-state index contributed by atoms with van der Waals surface area (Å²) in [6.45, 7) is 0. The van der Waals surface area contributed by atoms with Crippen molar-refractivity contribution in [1.29, 1.82) is 0 Å². The lowest BCUT2D eigenvalue weighted by molar-refractivity contribution is -0.137. The van der Waals surface area contributed by atoms with Crippen LogP contribution in [-0.4, -0.2) is 29.1 Å². The Labute approximate surface area is 537 Å². The van der Waals surface area contributed by atoms with Crippen LogP contribution in [0.4, 0.5) is 35.1 Å². The molecule has 0 spiro atoms. The van der Waals surface area contributed by atoms with Gasteiger partial charge in [-0.1, -0.05) is 194 Å². The molecule has 456 valence electrons. The fourth-order valence-corrected chi connectivity index (χ4v) is 12.9. The van der Waals surface area contributed by atoms with Gasteiger partial charge in [-0.2, -0.15) is 13.2 Å². The topological polar surface area (TPSA) is 61.4 Å². The number of benzene rings is 10. The molecule has 0 unspecified atom stereocenters. The molecule has 0 aliphatic carbocycles. The third kappa shape index (κ3) is 10.2. The second-order valence-corrected chi connectivity index (χ2v) is 23.0. The smallest absolute Gasteiger partial charge is 0.307 e. The number of hydrogen-bond donors (Lipinski definition) is 0. The molecular weight excluding hydrogens is 1210 g/mol. The average Bonchev–Trinajstić information content (AvgIpc) is 1.59. The van der Waals surface area contributed by atoms with Crippen LogP contribution in [0, 0.1) is 29.1 Å².